The molecule has 14 heavy (non-hydrogen) atoms. The van der Waals surface area contributed by atoms with Crippen LogP contribution in [0.5, 0.6) is 0 Å². The van der Waals surface area contributed by atoms with Crippen LogP contribution >= 0.6 is 0 Å². The summed E-state index contributed by atoms with van der Waals surface area (Å²) in [5, 5.41) is 0. The molecule has 1 aromatic heterocycles. The van der Waals surface area contributed by atoms with E-state index in [2.05, 4.69) is 12.1 Å². The van der Waals surface area contributed by atoms with E-state index >= 15 is 0 Å². The summed E-state index contributed by atoms with van der Waals surface area (Å²) in [6.07, 6.45) is 1.67. The first kappa shape index (κ1) is 7.83. The van der Waals surface area contributed by atoms with Crippen molar-refractivity contribution in [3.05, 3.63) is 59.5 Å². The number of benzene rings is 1. The Balaban J connectivity index is 2.06. The molecule has 0 saturated carbocycles. The second kappa shape index (κ2) is 3.00. The van der Waals surface area contributed by atoms with Gasteiger partial charge in [-0.2, -0.15) is 0 Å². The number of rotatable bonds is 1. The smallest absolute Gasteiger partial charge is 0.141 e. The molecule has 2 nitrogen and oxygen atoms in total. The van der Waals surface area contributed by atoms with Gasteiger partial charge in [0.1, 0.15) is 11.9 Å². The van der Waals surface area contributed by atoms with Crippen LogP contribution in [0.15, 0.2) is 47.1 Å². The van der Waals surface area contributed by atoms with Crippen LogP contribution in [0.4, 0.5) is 0 Å². The van der Waals surface area contributed by atoms with Gasteiger partial charge < -0.3 is 9.15 Å². The molecule has 3 rings (SSSR count). The molecule has 0 N–H and O–H groups in total. The monoisotopic (exact) mass is 186 g/mol. The predicted molar refractivity (Wildman–Crippen MR) is 51.8 cm³/mol. The summed E-state index contributed by atoms with van der Waals surface area (Å²) in [4.78, 5) is 0. The maximum Gasteiger partial charge on any atom is 0.141 e. The Hall–Kier alpha value is -1.54. The van der Waals surface area contributed by atoms with Crippen LogP contribution in [0.25, 0.3) is 0 Å². The number of fused-ring (bicyclic) bond motifs is 1. The molecule has 1 unspecified atom stereocenters. The minimum absolute atomic E-state index is 0.0128. The minimum Gasteiger partial charge on any atom is -0.466 e. The molecule has 0 radical (unpaired) electrons. The predicted octanol–water partition coefficient (Wildman–Crippen LogP) is 2.90. The second-order valence-corrected chi connectivity index (χ2v) is 3.41. The Morgan fingerprint density at radius 1 is 1.07 bits per heavy atom. The van der Waals surface area contributed by atoms with Gasteiger partial charge in [-0.1, -0.05) is 24.3 Å². The molecule has 1 atom stereocenters. The van der Waals surface area contributed by atoms with E-state index in [-0.39, 0.29) is 6.10 Å². The first-order valence-electron chi connectivity index (χ1n) is 4.68. The van der Waals surface area contributed by atoms with E-state index in [1.54, 1.807) is 6.26 Å². The lowest BCUT2D eigenvalue weighted by atomic mass is 10.0. The van der Waals surface area contributed by atoms with Crippen molar-refractivity contribution in [2.24, 2.45) is 0 Å². The fourth-order valence-corrected chi connectivity index (χ4v) is 1.86. The standard InChI is InChI=1S/C12H10O2/c1-2-5-10-9(4-1)8-14-12(10)11-6-3-7-13-11/h1-7,12H,8H2. The Kier molecular flexibility index (Phi) is 1.67. The van der Waals surface area contributed by atoms with E-state index in [1.807, 2.05) is 24.3 Å². The average Bonchev–Trinajstić information content (AvgIpc) is 2.85. The molecule has 0 spiro atoms. The summed E-state index contributed by atoms with van der Waals surface area (Å²) in [5.41, 5.74) is 2.48. The van der Waals surface area contributed by atoms with Crippen LogP contribution in [0, 0.1) is 0 Å². The van der Waals surface area contributed by atoms with Crippen molar-refractivity contribution in [3.63, 3.8) is 0 Å². The quantitative estimate of drug-likeness (QED) is 0.683. The summed E-state index contributed by atoms with van der Waals surface area (Å²) >= 11 is 0. The molecule has 0 saturated heterocycles. The van der Waals surface area contributed by atoms with E-state index in [9.17, 15) is 0 Å². The van der Waals surface area contributed by atoms with Gasteiger partial charge in [-0.3, -0.25) is 0 Å². The third-order valence-electron chi connectivity index (χ3n) is 2.54. The fraction of sp³-hybridized carbons (Fsp3) is 0.167. The van der Waals surface area contributed by atoms with Crippen molar-refractivity contribution >= 4 is 0 Å². The van der Waals surface area contributed by atoms with Crippen LogP contribution in [0.3, 0.4) is 0 Å². The number of hydrogen-bond acceptors (Lipinski definition) is 2. The highest BCUT2D eigenvalue weighted by Crippen LogP contribution is 2.35. The van der Waals surface area contributed by atoms with Gasteiger partial charge in [0.25, 0.3) is 0 Å². The maximum absolute atomic E-state index is 5.67. The summed E-state index contributed by atoms with van der Waals surface area (Å²) in [6, 6.07) is 12.1. The molecule has 0 amide bonds. The van der Waals surface area contributed by atoms with Gasteiger partial charge in [-0.25, -0.2) is 0 Å². The third-order valence-corrected chi connectivity index (χ3v) is 2.54. The van der Waals surface area contributed by atoms with Crippen molar-refractivity contribution in [1.82, 2.24) is 0 Å². The molecule has 1 aliphatic rings. The Morgan fingerprint density at radius 3 is 2.86 bits per heavy atom. The van der Waals surface area contributed by atoms with Crippen LogP contribution in [-0.2, 0) is 11.3 Å². The van der Waals surface area contributed by atoms with E-state index in [4.69, 9.17) is 9.15 Å². The van der Waals surface area contributed by atoms with Crippen LogP contribution < -0.4 is 0 Å². The summed E-state index contributed by atoms with van der Waals surface area (Å²) in [5.74, 6) is 0.884. The van der Waals surface area contributed by atoms with E-state index in [0.29, 0.717) is 6.61 Å². The minimum atomic E-state index is -0.0128. The van der Waals surface area contributed by atoms with Gasteiger partial charge in [0.2, 0.25) is 0 Å². The molecular weight excluding hydrogens is 176 g/mol. The first-order valence-corrected chi connectivity index (χ1v) is 4.68. The van der Waals surface area contributed by atoms with Gasteiger partial charge in [0, 0.05) is 0 Å². The number of furan rings is 1. The average molecular weight is 186 g/mol. The summed E-state index contributed by atoms with van der Waals surface area (Å²) in [6.45, 7) is 0.682. The van der Waals surface area contributed by atoms with Crippen molar-refractivity contribution in [2.45, 2.75) is 12.7 Å². The van der Waals surface area contributed by atoms with Crippen molar-refractivity contribution in [3.8, 4) is 0 Å². The van der Waals surface area contributed by atoms with Crippen LogP contribution in [0.2, 0.25) is 0 Å². The zero-order chi connectivity index (χ0) is 9.38. The zero-order valence-electron chi connectivity index (χ0n) is 7.64. The molecule has 1 aliphatic heterocycles. The largest absolute Gasteiger partial charge is 0.466 e. The fourth-order valence-electron chi connectivity index (χ4n) is 1.86. The van der Waals surface area contributed by atoms with Gasteiger partial charge in [0.05, 0.1) is 12.9 Å². The third kappa shape index (κ3) is 1.08. The number of hydrogen-bond donors (Lipinski definition) is 0. The Labute approximate surface area is 82.1 Å². The van der Waals surface area contributed by atoms with Crippen LogP contribution in [0.1, 0.15) is 23.0 Å². The van der Waals surface area contributed by atoms with Gasteiger partial charge in [-0.15, -0.1) is 0 Å². The second-order valence-electron chi connectivity index (χ2n) is 3.41. The summed E-state index contributed by atoms with van der Waals surface area (Å²) in [7, 11) is 0. The molecule has 70 valence electrons. The van der Waals surface area contributed by atoms with Crippen molar-refractivity contribution in [2.75, 3.05) is 0 Å². The van der Waals surface area contributed by atoms with E-state index in [0.717, 1.165) is 5.76 Å². The summed E-state index contributed by atoms with van der Waals surface area (Å²) < 4.78 is 11.0. The molecule has 0 bridgehead atoms. The van der Waals surface area contributed by atoms with Crippen LogP contribution in [-0.4, -0.2) is 0 Å². The molecule has 0 aliphatic carbocycles. The van der Waals surface area contributed by atoms with E-state index in [1.165, 1.54) is 11.1 Å². The highest BCUT2D eigenvalue weighted by Gasteiger charge is 2.25. The SMILES string of the molecule is c1coc(C2OCc3ccccc32)c1. The van der Waals surface area contributed by atoms with Crippen molar-refractivity contribution in [1.29, 1.82) is 0 Å². The van der Waals surface area contributed by atoms with E-state index < -0.39 is 0 Å². The normalized spacial score (nSPS) is 19.6. The Morgan fingerprint density at radius 2 is 2.00 bits per heavy atom. The lowest BCUT2D eigenvalue weighted by molar-refractivity contribution is 0.0785. The molecule has 2 aromatic rings. The first-order chi connectivity index (χ1) is 6.95. The topological polar surface area (TPSA) is 22.4 Å². The molecule has 1 aromatic carbocycles. The van der Waals surface area contributed by atoms with Gasteiger partial charge in [0.15, 0.2) is 0 Å². The maximum atomic E-state index is 5.67. The molecule has 2 heterocycles. The van der Waals surface area contributed by atoms with Gasteiger partial charge >= 0.3 is 0 Å². The number of ether oxygens (including phenoxy) is 1. The lowest BCUT2D eigenvalue weighted by Gasteiger charge is -2.06. The Bertz CT molecular complexity index is 431. The highest BCUT2D eigenvalue weighted by atomic mass is 16.5. The lowest BCUT2D eigenvalue weighted by Crippen LogP contribution is -1.95. The highest BCUT2D eigenvalue weighted by molar-refractivity contribution is 5.35. The van der Waals surface area contributed by atoms with Gasteiger partial charge in [-0.05, 0) is 23.3 Å². The van der Waals surface area contributed by atoms with Crippen molar-refractivity contribution < 1.29 is 9.15 Å². The molecule has 2 heteroatoms. The zero-order valence-corrected chi connectivity index (χ0v) is 7.64. The molecule has 0 fully saturated rings. The molecular formula is C12H10O2.